The van der Waals surface area contributed by atoms with Crippen LogP contribution in [0.3, 0.4) is 0 Å². The average molecular weight is 304 g/mol. The molecule has 0 bridgehead atoms. The lowest BCUT2D eigenvalue weighted by Crippen LogP contribution is -2.39. The van der Waals surface area contributed by atoms with Gasteiger partial charge in [-0.25, -0.2) is 14.3 Å². The number of hydrogen-bond acceptors (Lipinski definition) is 3. The zero-order valence-corrected chi connectivity index (χ0v) is 12.2. The number of benzene rings is 1. The topological polar surface area (TPSA) is 81.8 Å². The van der Waals surface area contributed by atoms with E-state index in [-0.39, 0.29) is 23.3 Å². The first kappa shape index (κ1) is 14.5. The number of H-pyrrole nitrogens is 2. The van der Waals surface area contributed by atoms with Crippen LogP contribution in [0.1, 0.15) is 40.5 Å². The number of aromatic nitrogens is 3. The molecule has 1 aliphatic rings. The SMILES string of the molecule is Cc1c(F)cccc1C(=O)N1CCC[C@@H](c2n[nH]c(=O)[nH]2)C1. The van der Waals surface area contributed by atoms with Crippen molar-refractivity contribution in [1.82, 2.24) is 20.1 Å². The lowest BCUT2D eigenvalue weighted by atomic mass is 9.96. The Morgan fingerprint density at radius 3 is 3.00 bits per heavy atom. The minimum atomic E-state index is -0.379. The van der Waals surface area contributed by atoms with Gasteiger partial charge < -0.3 is 4.90 Å². The van der Waals surface area contributed by atoms with E-state index in [4.69, 9.17) is 0 Å². The molecule has 3 rings (SSSR count). The minimum absolute atomic E-state index is 0.00878. The van der Waals surface area contributed by atoms with Crippen LogP contribution in [0, 0.1) is 12.7 Å². The third-order valence-electron chi connectivity index (χ3n) is 4.11. The van der Waals surface area contributed by atoms with E-state index in [2.05, 4.69) is 15.2 Å². The third kappa shape index (κ3) is 2.66. The molecule has 1 atom stereocenters. The zero-order chi connectivity index (χ0) is 15.7. The predicted octanol–water partition coefficient (Wildman–Crippen LogP) is 1.57. The van der Waals surface area contributed by atoms with Crippen molar-refractivity contribution in [3.63, 3.8) is 0 Å². The summed E-state index contributed by atoms with van der Waals surface area (Å²) >= 11 is 0. The molecule has 0 saturated carbocycles. The molecule has 22 heavy (non-hydrogen) atoms. The normalized spacial score (nSPS) is 18.5. The van der Waals surface area contributed by atoms with Gasteiger partial charge in [0.05, 0.1) is 0 Å². The molecule has 7 heteroatoms. The van der Waals surface area contributed by atoms with Gasteiger partial charge >= 0.3 is 5.69 Å². The number of piperidine rings is 1. The monoisotopic (exact) mass is 304 g/mol. The van der Waals surface area contributed by atoms with Crippen LogP contribution in [0.5, 0.6) is 0 Å². The first-order chi connectivity index (χ1) is 10.6. The second-order valence-electron chi connectivity index (χ2n) is 5.57. The molecule has 2 N–H and O–H groups in total. The average Bonchev–Trinajstić information content (AvgIpc) is 2.96. The van der Waals surface area contributed by atoms with Crippen molar-refractivity contribution in [2.45, 2.75) is 25.7 Å². The molecule has 1 fully saturated rings. The number of rotatable bonds is 2. The molecular weight excluding hydrogens is 287 g/mol. The summed E-state index contributed by atoms with van der Waals surface area (Å²) < 4.78 is 13.6. The van der Waals surface area contributed by atoms with Gasteiger partial charge in [0, 0.05) is 24.6 Å². The van der Waals surface area contributed by atoms with Crippen LogP contribution in [0.4, 0.5) is 4.39 Å². The molecule has 1 amide bonds. The highest BCUT2D eigenvalue weighted by Gasteiger charge is 2.28. The summed E-state index contributed by atoms with van der Waals surface area (Å²) in [5.41, 5.74) is 0.401. The number of aromatic amines is 2. The van der Waals surface area contributed by atoms with Crippen molar-refractivity contribution in [2.75, 3.05) is 13.1 Å². The van der Waals surface area contributed by atoms with Crippen LogP contribution < -0.4 is 5.69 Å². The van der Waals surface area contributed by atoms with E-state index in [1.807, 2.05) is 0 Å². The highest BCUT2D eigenvalue weighted by atomic mass is 19.1. The molecule has 1 saturated heterocycles. The second-order valence-corrected chi connectivity index (χ2v) is 5.57. The lowest BCUT2D eigenvalue weighted by molar-refractivity contribution is 0.0703. The fourth-order valence-corrected chi connectivity index (χ4v) is 2.87. The van der Waals surface area contributed by atoms with Crippen LogP contribution in [-0.4, -0.2) is 39.1 Å². The number of nitrogens with zero attached hydrogens (tertiary/aromatic N) is 2. The van der Waals surface area contributed by atoms with Gasteiger partial charge in [0.1, 0.15) is 11.6 Å². The maximum absolute atomic E-state index is 13.6. The van der Waals surface area contributed by atoms with Crippen LogP contribution in [0.2, 0.25) is 0 Å². The Bertz CT molecular complexity index is 752. The van der Waals surface area contributed by atoms with Gasteiger partial charge in [-0.2, -0.15) is 5.10 Å². The summed E-state index contributed by atoms with van der Waals surface area (Å²) in [4.78, 5) is 28.1. The standard InChI is InChI=1S/C15H17FN4O2/c1-9-11(5-2-6-12(9)16)14(21)20-7-3-4-10(8-20)13-17-15(22)19-18-13/h2,5-6,10H,3-4,7-8H2,1H3,(H2,17,18,19,22)/t10-/m1/s1. The van der Waals surface area contributed by atoms with Gasteiger partial charge in [0.25, 0.3) is 5.91 Å². The number of carbonyl (C=O) groups is 1. The van der Waals surface area contributed by atoms with Crippen LogP contribution in [0.25, 0.3) is 0 Å². The van der Waals surface area contributed by atoms with Gasteiger partial charge in [0.15, 0.2) is 0 Å². The molecule has 116 valence electrons. The first-order valence-corrected chi connectivity index (χ1v) is 7.25. The maximum Gasteiger partial charge on any atom is 0.340 e. The van der Waals surface area contributed by atoms with Gasteiger partial charge in [-0.05, 0) is 37.5 Å². The Balaban J connectivity index is 1.81. The van der Waals surface area contributed by atoms with Gasteiger partial charge in [-0.3, -0.25) is 9.78 Å². The highest BCUT2D eigenvalue weighted by molar-refractivity contribution is 5.95. The highest BCUT2D eigenvalue weighted by Crippen LogP contribution is 2.25. The molecule has 1 aliphatic heterocycles. The zero-order valence-electron chi connectivity index (χ0n) is 12.2. The van der Waals surface area contributed by atoms with E-state index in [9.17, 15) is 14.0 Å². The number of amides is 1. The quantitative estimate of drug-likeness (QED) is 0.883. The third-order valence-corrected chi connectivity index (χ3v) is 4.11. The van der Waals surface area contributed by atoms with Crippen LogP contribution in [-0.2, 0) is 0 Å². The minimum Gasteiger partial charge on any atom is -0.338 e. The molecule has 0 radical (unpaired) electrons. The number of likely N-dealkylation sites (tertiary alicyclic amines) is 1. The van der Waals surface area contributed by atoms with E-state index in [0.717, 1.165) is 12.8 Å². The Hall–Kier alpha value is -2.44. The Morgan fingerprint density at radius 1 is 1.45 bits per heavy atom. The lowest BCUT2D eigenvalue weighted by Gasteiger charge is -2.32. The van der Waals surface area contributed by atoms with Crippen molar-refractivity contribution in [3.8, 4) is 0 Å². The maximum atomic E-state index is 13.6. The van der Waals surface area contributed by atoms with Crippen LogP contribution >= 0.6 is 0 Å². The number of carbonyl (C=O) groups excluding carboxylic acids is 1. The largest absolute Gasteiger partial charge is 0.340 e. The predicted molar refractivity (Wildman–Crippen MR) is 78.2 cm³/mol. The molecule has 6 nitrogen and oxygen atoms in total. The number of hydrogen-bond donors (Lipinski definition) is 2. The summed E-state index contributed by atoms with van der Waals surface area (Å²) in [6.07, 6.45) is 1.67. The molecule has 0 unspecified atom stereocenters. The summed E-state index contributed by atoms with van der Waals surface area (Å²) in [5.74, 6) is -0.000368. The molecule has 1 aromatic heterocycles. The smallest absolute Gasteiger partial charge is 0.338 e. The fraction of sp³-hybridized carbons (Fsp3) is 0.400. The van der Waals surface area contributed by atoms with E-state index in [0.29, 0.717) is 30.0 Å². The Labute approximate surface area is 126 Å². The van der Waals surface area contributed by atoms with E-state index < -0.39 is 0 Å². The summed E-state index contributed by atoms with van der Waals surface area (Å²) in [5, 5.41) is 6.29. The van der Waals surface area contributed by atoms with Crippen molar-refractivity contribution < 1.29 is 9.18 Å². The Kier molecular flexibility index (Phi) is 3.79. The van der Waals surface area contributed by atoms with Crippen molar-refractivity contribution in [1.29, 1.82) is 0 Å². The van der Waals surface area contributed by atoms with Crippen LogP contribution in [0.15, 0.2) is 23.0 Å². The summed E-state index contributed by atoms with van der Waals surface area (Å²) in [6, 6.07) is 4.53. The number of halogens is 1. The van der Waals surface area contributed by atoms with Gasteiger partial charge in [-0.15, -0.1) is 0 Å². The summed E-state index contributed by atoms with van der Waals surface area (Å²) in [6.45, 7) is 2.70. The molecular formula is C15H17FN4O2. The van der Waals surface area contributed by atoms with E-state index in [1.165, 1.54) is 6.07 Å². The fourth-order valence-electron chi connectivity index (χ4n) is 2.87. The molecule has 0 spiro atoms. The molecule has 2 heterocycles. The van der Waals surface area contributed by atoms with Crippen molar-refractivity contribution >= 4 is 5.91 Å². The van der Waals surface area contributed by atoms with Gasteiger partial charge in [0.2, 0.25) is 0 Å². The summed E-state index contributed by atoms with van der Waals surface area (Å²) in [7, 11) is 0. The molecule has 0 aliphatic carbocycles. The molecule has 1 aromatic carbocycles. The van der Waals surface area contributed by atoms with E-state index >= 15 is 0 Å². The second kappa shape index (κ2) is 5.75. The van der Waals surface area contributed by atoms with Crippen molar-refractivity contribution in [2.24, 2.45) is 0 Å². The Morgan fingerprint density at radius 2 is 2.27 bits per heavy atom. The van der Waals surface area contributed by atoms with Gasteiger partial charge in [-0.1, -0.05) is 6.07 Å². The van der Waals surface area contributed by atoms with Crippen molar-refractivity contribution in [3.05, 3.63) is 51.5 Å². The number of nitrogens with one attached hydrogen (secondary N) is 2. The molecule has 2 aromatic rings. The first-order valence-electron chi connectivity index (χ1n) is 7.25. The van der Waals surface area contributed by atoms with E-state index in [1.54, 1.807) is 24.0 Å².